The molecular weight excluding hydrogens is 272 g/mol. The molecule has 2 heteroatoms. The molecule has 1 rings (SSSR count). The van der Waals surface area contributed by atoms with Crippen molar-refractivity contribution >= 4 is 5.97 Å². The minimum atomic E-state index is -0.159. The lowest BCUT2D eigenvalue weighted by molar-refractivity contribution is -0.154. The summed E-state index contributed by atoms with van der Waals surface area (Å²) in [5, 5.41) is 0. The van der Waals surface area contributed by atoms with E-state index in [9.17, 15) is 4.79 Å². The average molecular weight is 304 g/mol. The van der Waals surface area contributed by atoms with Crippen molar-refractivity contribution in [1.29, 1.82) is 0 Å². The van der Waals surface area contributed by atoms with Gasteiger partial charge in [0, 0.05) is 0 Å². The fraction of sp³-hybridized carbons (Fsp3) is 0.650. The van der Waals surface area contributed by atoms with Crippen LogP contribution in [0.2, 0.25) is 0 Å². The molecule has 124 valence electrons. The molecule has 0 fully saturated rings. The molecule has 0 N–H and O–H groups in total. The summed E-state index contributed by atoms with van der Waals surface area (Å²) in [6.45, 7) is 6.34. The summed E-state index contributed by atoms with van der Waals surface area (Å²) >= 11 is 0. The summed E-state index contributed by atoms with van der Waals surface area (Å²) in [5.41, 5.74) is 1.07. The second-order valence-corrected chi connectivity index (χ2v) is 6.18. The van der Waals surface area contributed by atoms with E-state index in [2.05, 4.69) is 13.8 Å². The van der Waals surface area contributed by atoms with Crippen molar-refractivity contribution in [2.75, 3.05) is 0 Å². The van der Waals surface area contributed by atoms with Gasteiger partial charge in [-0.25, -0.2) is 0 Å². The molecular formula is C20H32O2. The smallest absolute Gasteiger partial charge is 0.309 e. The molecule has 2 atom stereocenters. The van der Waals surface area contributed by atoms with Crippen molar-refractivity contribution in [3.05, 3.63) is 35.9 Å². The number of benzene rings is 1. The summed E-state index contributed by atoms with van der Waals surface area (Å²) in [7, 11) is 0. The highest BCUT2D eigenvalue weighted by molar-refractivity contribution is 5.72. The number of ether oxygens (including phenoxy) is 1. The van der Waals surface area contributed by atoms with Gasteiger partial charge in [0.15, 0.2) is 0 Å². The van der Waals surface area contributed by atoms with Gasteiger partial charge < -0.3 is 4.74 Å². The van der Waals surface area contributed by atoms with Crippen LogP contribution < -0.4 is 0 Å². The van der Waals surface area contributed by atoms with Crippen LogP contribution in [-0.4, -0.2) is 5.97 Å². The maximum Gasteiger partial charge on any atom is 0.309 e. The van der Waals surface area contributed by atoms with Gasteiger partial charge >= 0.3 is 5.97 Å². The number of esters is 1. The number of hydrogen-bond donors (Lipinski definition) is 0. The Kier molecular flexibility index (Phi) is 9.61. The van der Waals surface area contributed by atoms with Crippen LogP contribution in [0, 0.1) is 5.92 Å². The summed E-state index contributed by atoms with van der Waals surface area (Å²) in [4.78, 5) is 12.5. The largest absolute Gasteiger partial charge is 0.458 e. The molecule has 0 saturated carbocycles. The lowest BCUT2D eigenvalue weighted by Crippen LogP contribution is -2.19. The van der Waals surface area contributed by atoms with Gasteiger partial charge in [0.2, 0.25) is 0 Å². The van der Waals surface area contributed by atoms with E-state index in [1.165, 1.54) is 19.3 Å². The highest BCUT2D eigenvalue weighted by Gasteiger charge is 2.21. The number of carbonyl (C=O) groups is 1. The van der Waals surface area contributed by atoms with E-state index < -0.39 is 0 Å². The molecule has 0 aliphatic carbocycles. The van der Waals surface area contributed by atoms with Crippen molar-refractivity contribution in [2.45, 2.75) is 78.2 Å². The van der Waals surface area contributed by atoms with E-state index in [4.69, 9.17) is 4.74 Å². The van der Waals surface area contributed by atoms with Gasteiger partial charge in [0.25, 0.3) is 0 Å². The predicted octanol–water partition coefficient (Wildman–Crippen LogP) is 6.07. The van der Waals surface area contributed by atoms with Crippen molar-refractivity contribution < 1.29 is 9.53 Å². The number of hydrogen-bond acceptors (Lipinski definition) is 2. The first kappa shape index (κ1) is 18.7. The molecule has 1 aromatic carbocycles. The average Bonchev–Trinajstić information content (AvgIpc) is 2.54. The Bertz CT molecular complexity index is 399. The van der Waals surface area contributed by atoms with Crippen LogP contribution >= 0.6 is 0 Å². The van der Waals surface area contributed by atoms with Gasteiger partial charge in [-0.05, 0) is 25.3 Å². The first-order valence-corrected chi connectivity index (χ1v) is 8.94. The van der Waals surface area contributed by atoms with Gasteiger partial charge in [0.1, 0.15) is 6.10 Å². The third kappa shape index (κ3) is 7.11. The fourth-order valence-corrected chi connectivity index (χ4v) is 2.71. The molecule has 0 aliphatic heterocycles. The van der Waals surface area contributed by atoms with Gasteiger partial charge in [-0.3, -0.25) is 4.79 Å². The lowest BCUT2D eigenvalue weighted by Gasteiger charge is -2.19. The molecule has 0 saturated heterocycles. The van der Waals surface area contributed by atoms with Crippen LogP contribution in [0.1, 0.15) is 83.8 Å². The maximum absolute atomic E-state index is 12.5. The topological polar surface area (TPSA) is 26.3 Å². The van der Waals surface area contributed by atoms with Crippen molar-refractivity contribution in [1.82, 2.24) is 0 Å². The van der Waals surface area contributed by atoms with Crippen LogP contribution in [0.5, 0.6) is 0 Å². The van der Waals surface area contributed by atoms with Crippen molar-refractivity contribution in [3.8, 4) is 0 Å². The Morgan fingerprint density at radius 1 is 0.955 bits per heavy atom. The Labute approximate surface area is 136 Å². The Balaban J connectivity index is 2.50. The second kappa shape index (κ2) is 11.3. The van der Waals surface area contributed by atoms with Crippen molar-refractivity contribution in [2.24, 2.45) is 5.92 Å². The lowest BCUT2D eigenvalue weighted by atomic mass is 9.95. The molecule has 2 unspecified atom stereocenters. The third-order valence-electron chi connectivity index (χ3n) is 4.21. The first-order valence-electron chi connectivity index (χ1n) is 8.94. The zero-order chi connectivity index (χ0) is 16.2. The van der Waals surface area contributed by atoms with Crippen LogP contribution in [0.4, 0.5) is 0 Å². The molecule has 0 spiro atoms. The van der Waals surface area contributed by atoms with Gasteiger partial charge in [0.05, 0.1) is 5.92 Å². The van der Waals surface area contributed by atoms with E-state index in [0.717, 1.165) is 37.7 Å². The predicted molar refractivity (Wildman–Crippen MR) is 92.7 cm³/mol. The standard InChI is InChI=1S/C20H32O2/c1-4-6-8-10-16-19(13-7-5-2)20(21)22-17(3)18-14-11-9-12-15-18/h9,11-12,14-15,17,19H,4-8,10,13,16H2,1-3H3. The number of carbonyl (C=O) groups excluding carboxylic acids is 1. The van der Waals surface area contributed by atoms with E-state index >= 15 is 0 Å². The Morgan fingerprint density at radius 2 is 1.59 bits per heavy atom. The first-order chi connectivity index (χ1) is 10.7. The van der Waals surface area contributed by atoms with E-state index in [-0.39, 0.29) is 18.0 Å². The summed E-state index contributed by atoms with van der Waals surface area (Å²) in [6.07, 6.45) is 8.86. The van der Waals surface area contributed by atoms with Gasteiger partial charge in [-0.1, -0.05) is 82.7 Å². The monoisotopic (exact) mass is 304 g/mol. The molecule has 1 aromatic rings. The van der Waals surface area contributed by atoms with Crippen LogP contribution in [-0.2, 0) is 9.53 Å². The molecule has 0 bridgehead atoms. The van der Waals surface area contributed by atoms with Crippen molar-refractivity contribution in [3.63, 3.8) is 0 Å². The Morgan fingerprint density at radius 3 is 2.23 bits per heavy atom. The zero-order valence-electron chi connectivity index (χ0n) is 14.5. The van der Waals surface area contributed by atoms with E-state index in [0.29, 0.717) is 0 Å². The third-order valence-corrected chi connectivity index (χ3v) is 4.21. The highest BCUT2D eigenvalue weighted by Crippen LogP contribution is 2.23. The maximum atomic E-state index is 12.5. The number of rotatable bonds is 11. The summed E-state index contributed by atoms with van der Waals surface area (Å²) < 4.78 is 5.71. The SMILES string of the molecule is CCCCCCC(CCCC)C(=O)OC(C)c1ccccc1. The molecule has 22 heavy (non-hydrogen) atoms. The molecule has 0 radical (unpaired) electrons. The summed E-state index contributed by atoms with van der Waals surface area (Å²) in [5.74, 6) is 0.0595. The number of unbranched alkanes of at least 4 members (excludes halogenated alkanes) is 4. The van der Waals surface area contributed by atoms with Crippen LogP contribution in [0.25, 0.3) is 0 Å². The minimum Gasteiger partial charge on any atom is -0.458 e. The normalized spacial score (nSPS) is 13.6. The van der Waals surface area contributed by atoms with Gasteiger partial charge in [-0.15, -0.1) is 0 Å². The molecule has 0 heterocycles. The van der Waals surface area contributed by atoms with Crippen LogP contribution in [0.3, 0.4) is 0 Å². The van der Waals surface area contributed by atoms with Gasteiger partial charge in [-0.2, -0.15) is 0 Å². The quantitative estimate of drug-likeness (QED) is 0.366. The summed E-state index contributed by atoms with van der Waals surface area (Å²) in [6, 6.07) is 9.98. The highest BCUT2D eigenvalue weighted by atomic mass is 16.5. The van der Waals surface area contributed by atoms with E-state index in [1.807, 2.05) is 37.3 Å². The minimum absolute atomic E-state index is 0.0127. The zero-order valence-corrected chi connectivity index (χ0v) is 14.5. The molecule has 2 nitrogen and oxygen atoms in total. The molecule has 0 amide bonds. The molecule has 0 aliphatic rings. The second-order valence-electron chi connectivity index (χ2n) is 6.18. The fourth-order valence-electron chi connectivity index (χ4n) is 2.71. The van der Waals surface area contributed by atoms with E-state index in [1.54, 1.807) is 0 Å². The molecule has 0 aromatic heterocycles. The Hall–Kier alpha value is -1.31. The van der Waals surface area contributed by atoms with Crippen LogP contribution in [0.15, 0.2) is 30.3 Å².